The third-order valence-corrected chi connectivity index (χ3v) is 5.19. The van der Waals surface area contributed by atoms with Crippen molar-refractivity contribution in [2.24, 2.45) is 4.99 Å². The highest BCUT2D eigenvalue weighted by Gasteiger charge is 2.21. The second-order valence-corrected chi connectivity index (χ2v) is 7.45. The second kappa shape index (κ2) is 10.0. The summed E-state index contributed by atoms with van der Waals surface area (Å²) in [4.78, 5) is 18.8. The van der Waals surface area contributed by atoms with Gasteiger partial charge in [-0.2, -0.15) is 0 Å². The fraction of sp³-hybridized carbons (Fsp3) is 0.154. The SMILES string of the molecule is C=C(/C(=C1/C(C)=C/C(=O)/C(=C\O)C=NCCN1C)c1ccc(F)cc1)c1ccc(F)cc1. The summed E-state index contributed by atoms with van der Waals surface area (Å²) >= 11 is 0. The Bertz CT molecular complexity index is 1140. The molecule has 0 radical (unpaired) electrons. The predicted molar refractivity (Wildman–Crippen MR) is 124 cm³/mol. The van der Waals surface area contributed by atoms with Gasteiger partial charge in [0.1, 0.15) is 11.6 Å². The van der Waals surface area contributed by atoms with Gasteiger partial charge in [-0.15, -0.1) is 0 Å². The van der Waals surface area contributed by atoms with Crippen LogP contribution in [0.15, 0.2) is 89.3 Å². The Morgan fingerprint density at radius 2 is 1.62 bits per heavy atom. The molecule has 0 amide bonds. The van der Waals surface area contributed by atoms with Crippen LogP contribution in [0.5, 0.6) is 0 Å². The Hall–Kier alpha value is -3.80. The van der Waals surface area contributed by atoms with Crippen molar-refractivity contribution < 1.29 is 18.7 Å². The maximum atomic E-state index is 13.7. The summed E-state index contributed by atoms with van der Waals surface area (Å²) in [6.45, 7) is 6.95. The topological polar surface area (TPSA) is 52.9 Å². The standard InChI is InChI=1S/C26H24F2N2O2/c1-17-14-24(32)21(16-31)15-29-12-13-30(3)26(17)25(20-6-10-23(28)11-7-20)18(2)19-4-8-22(27)9-5-19/h4-11,14-16,31H,2,12-13H2,1,3H3/b17-14+,21-16-,26-25+,29-15?. The molecule has 0 saturated heterocycles. The molecule has 164 valence electrons. The fourth-order valence-corrected chi connectivity index (χ4v) is 3.55. The van der Waals surface area contributed by atoms with E-state index in [9.17, 15) is 18.7 Å². The maximum Gasteiger partial charge on any atom is 0.190 e. The van der Waals surface area contributed by atoms with E-state index in [0.29, 0.717) is 46.6 Å². The third-order valence-electron chi connectivity index (χ3n) is 5.19. The van der Waals surface area contributed by atoms with Crippen LogP contribution < -0.4 is 0 Å². The summed E-state index contributed by atoms with van der Waals surface area (Å²) in [6, 6.07) is 12.0. The molecule has 3 rings (SSSR count). The van der Waals surface area contributed by atoms with Gasteiger partial charge in [-0.05, 0) is 59.5 Å². The number of allylic oxidation sites excluding steroid dienone is 5. The molecule has 6 heteroatoms. The van der Waals surface area contributed by atoms with E-state index in [4.69, 9.17) is 0 Å². The normalized spacial score (nSPS) is 19.5. The molecule has 1 aliphatic heterocycles. The lowest BCUT2D eigenvalue weighted by molar-refractivity contribution is -0.111. The molecule has 2 aromatic rings. The van der Waals surface area contributed by atoms with Gasteiger partial charge < -0.3 is 10.0 Å². The number of carbonyl (C=O) groups is 1. The molecule has 0 bridgehead atoms. The van der Waals surface area contributed by atoms with Crippen LogP contribution in [0, 0.1) is 11.6 Å². The zero-order valence-electron chi connectivity index (χ0n) is 18.0. The second-order valence-electron chi connectivity index (χ2n) is 7.45. The predicted octanol–water partition coefficient (Wildman–Crippen LogP) is 5.36. The van der Waals surface area contributed by atoms with Gasteiger partial charge in [0.15, 0.2) is 5.78 Å². The molecule has 1 heterocycles. The van der Waals surface area contributed by atoms with E-state index < -0.39 is 5.78 Å². The first-order chi connectivity index (χ1) is 15.3. The summed E-state index contributed by atoms with van der Waals surface area (Å²) in [7, 11) is 1.87. The van der Waals surface area contributed by atoms with Gasteiger partial charge in [0, 0.05) is 31.1 Å². The summed E-state index contributed by atoms with van der Waals surface area (Å²) in [5.74, 6) is -1.14. The number of aliphatic hydroxyl groups excluding tert-OH is 1. The fourth-order valence-electron chi connectivity index (χ4n) is 3.55. The van der Waals surface area contributed by atoms with E-state index in [1.54, 1.807) is 31.2 Å². The van der Waals surface area contributed by atoms with Gasteiger partial charge in [-0.3, -0.25) is 9.79 Å². The number of hydrogen-bond acceptors (Lipinski definition) is 4. The molecular formula is C26H24F2N2O2. The molecule has 32 heavy (non-hydrogen) atoms. The molecule has 0 atom stereocenters. The van der Waals surface area contributed by atoms with Gasteiger partial charge in [0.05, 0.1) is 18.4 Å². The average molecular weight is 434 g/mol. The minimum Gasteiger partial charge on any atom is -0.515 e. The number of ketones is 1. The molecule has 0 spiro atoms. The minimum atomic E-state index is -0.396. The van der Waals surface area contributed by atoms with Crippen LogP contribution in [0.2, 0.25) is 0 Å². The van der Waals surface area contributed by atoms with Crippen LogP contribution in [-0.2, 0) is 4.79 Å². The van der Waals surface area contributed by atoms with Gasteiger partial charge in [0.2, 0.25) is 0 Å². The number of rotatable bonds is 3. The van der Waals surface area contributed by atoms with E-state index in [1.165, 1.54) is 36.6 Å². The molecule has 0 fully saturated rings. The van der Waals surface area contributed by atoms with Gasteiger partial charge in [-0.25, -0.2) is 8.78 Å². The largest absolute Gasteiger partial charge is 0.515 e. The maximum absolute atomic E-state index is 13.7. The summed E-state index contributed by atoms with van der Waals surface area (Å²) in [5.41, 5.74) is 4.08. The number of likely N-dealkylation sites (N-methyl/N-ethyl adjacent to an activating group) is 1. The average Bonchev–Trinajstić information content (AvgIpc) is 2.77. The van der Waals surface area contributed by atoms with Gasteiger partial charge >= 0.3 is 0 Å². The molecule has 0 aliphatic carbocycles. The Kier molecular flexibility index (Phi) is 7.15. The molecule has 0 saturated carbocycles. The summed E-state index contributed by atoms with van der Waals surface area (Å²) in [6.07, 6.45) is 3.52. The van der Waals surface area contributed by atoms with E-state index in [-0.39, 0.29) is 17.2 Å². The molecule has 2 aromatic carbocycles. The van der Waals surface area contributed by atoms with Crippen molar-refractivity contribution in [3.63, 3.8) is 0 Å². The Morgan fingerprint density at radius 3 is 2.19 bits per heavy atom. The first-order valence-electron chi connectivity index (χ1n) is 10.1. The highest BCUT2D eigenvalue weighted by Crippen LogP contribution is 2.36. The first-order valence-corrected chi connectivity index (χ1v) is 10.1. The quantitative estimate of drug-likeness (QED) is 0.523. The molecular weight excluding hydrogens is 410 g/mol. The minimum absolute atomic E-state index is 0.0777. The van der Waals surface area contributed by atoms with Gasteiger partial charge in [-0.1, -0.05) is 30.8 Å². The molecule has 0 unspecified atom stereocenters. The number of nitrogens with zero attached hydrogens (tertiary/aromatic N) is 2. The Morgan fingerprint density at radius 1 is 1.06 bits per heavy atom. The van der Waals surface area contributed by atoms with Gasteiger partial charge in [0.25, 0.3) is 0 Å². The van der Waals surface area contributed by atoms with Crippen LogP contribution in [0.25, 0.3) is 11.1 Å². The third kappa shape index (κ3) is 5.09. The van der Waals surface area contributed by atoms with Crippen LogP contribution >= 0.6 is 0 Å². The van der Waals surface area contributed by atoms with E-state index >= 15 is 0 Å². The first kappa shape index (κ1) is 22.9. The monoisotopic (exact) mass is 434 g/mol. The van der Waals surface area contributed by atoms with E-state index in [1.807, 2.05) is 11.9 Å². The highest BCUT2D eigenvalue weighted by molar-refractivity contribution is 6.18. The van der Waals surface area contributed by atoms with Crippen LogP contribution in [-0.4, -0.2) is 42.1 Å². The number of halogens is 2. The molecule has 1 aliphatic rings. The van der Waals surface area contributed by atoms with Crippen molar-refractivity contribution in [3.8, 4) is 0 Å². The molecule has 1 N–H and O–H groups in total. The van der Waals surface area contributed by atoms with E-state index in [0.717, 1.165) is 6.26 Å². The number of benzene rings is 2. The Balaban J connectivity index is 2.28. The van der Waals surface area contributed by atoms with Crippen molar-refractivity contribution in [2.45, 2.75) is 6.92 Å². The van der Waals surface area contributed by atoms with Crippen molar-refractivity contribution in [1.82, 2.24) is 4.90 Å². The van der Waals surface area contributed by atoms with Crippen LogP contribution in [0.3, 0.4) is 0 Å². The summed E-state index contributed by atoms with van der Waals surface area (Å²) < 4.78 is 27.2. The number of carbonyl (C=O) groups excluding carboxylic acids is 1. The van der Waals surface area contributed by atoms with Crippen LogP contribution in [0.1, 0.15) is 18.1 Å². The highest BCUT2D eigenvalue weighted by atomic mass is 19.1. The summed E-state index contributed by atoms with van der Waals surface area (Å²) in [5, 5.41) is 9.41. The Labute approximate surface area is 186 Å². The van der Waals surface area contributed by atoms with Crippen molar-refractivity contribution in [1.29, 1.82) is 0 Å². The zero-order chi connectivity index (χ0) is 23.3. The van der Waals surface area contributed by atoms with Crippen molar-refractivity contribution >= 4 is 23.1 Å². The van der Waals surface area contributed by atoms with Crippen LogP contribution in [0.4, 0.5) is 8.78 Å². The lowest BCUT2D eigenvalue weighted by Crippen LogP contribution is -2.24. The lowest BCUT2D eigenvalue weighted by atomic mass is 9.89. The number of aliphatic imine (C=N–C) groups is 1. The number of hydrogen-bond donors (Lipinski definition) is 1. The smallest absolute Gasteiger partial charge is 0.190 e. The van der Waals surface area contributed by atoms with Crippen molar-refractivity contribution in [3.05, 3.63) is 107 Å². The molecule has 4 nitrogen and oxygen atoms in total. The lowest BCUT2D eigenvalue weighted by Gasteiger charge is -2.28. The van der Waals surface area contributed by atoms with Crippen molar-refractivity contribution in [2.75, 3.05) is 20.1 Å². The van der Waals surface area contributed by atoms with E-state index in [2.05, 4.69) is 11.6 Å². The number of aliphatic hydroxyl groups is 1. The molecule has 0 aromatic heterocycles. The zero-order valence-corrected chi connectivity index (χ0v) is 18.0.